The Morgan fingerprint density at radius 2 is 2.21 bits per heavy atom. The largest absolute Gasteiger partial charge is 0.370 e. The van der Waals surface area contributed by atoms with Crippen LogP contribution in [0.4, 0.5) is 11.6 Å². The highest BCUT2D eigenvalue weighted by Crippen LogP contribution is 2.09. The number of nitrogens with zero attached hydrogens (tertiary/aromatic N) is 3. The van der Waals surface area contributed by atoms with Gasteiger partial charge >= 0.3 is 0 Å². The Morgan fingerprint density at radius 3 is 2.89 bits per heavy atom. The Bertz CT molecular complexity index is 564. The zero-order chi connectivity index (χ0) is 13.7. The van der Waals surface area contributed by atoms with Crippen LogP contribution in [0.1, 0.15) is 23.7 Å². The quantitative estimate of drug-likeness (QED) is 0.860. The SMILES string of the molecule is CCCNc1cc(C(=O)Nc2ccn(C)n2)ccn1. The number of rotatable bonds is 5. The van der Waals surface area contributed by atoms with Crippen molar-refractivity contribution in [3.8, 4) is 0 Å². The summed E-state index contributed by atoms with van der Waals surface area (Å²) in [6.07, 6.45) is 4.40. The van der Waals surface area contributed by atoms with Crippen molar-refractivity contribution >= 4 is 17.5 Å². The molecule has 0 atom stereocenters. The van der Waals surface area contributed by atoms with Crippen molar-refractivity contribution in [3.63, 3.8) is 0 Å². The van der Waals surface area contributed by atoms with Gasteiger partial charge in [-0.3, -0.25) is 9.48 Å². The van der Waals surface area contributed by atoms with Crippen LogP contribution in [-0.4, -0.2) is 27.2 Å². The van der Waals surface area contributed by atoms with E-state index in [1.807, 2.05) is 0 Å². The van der Waals surface area contributed by atoms with Crippen molar-refractivity contribution < 1.29 is 4.79 Å². The van der Waals surface area contributed by atoms with Gasteiger partial charge in [-0.15, -0.1) is 0 Å². The number of pyridine rings is 1. The maximum absolute atomic E-state index is 12.0. The minimum atomic E-state index is -0.194. The van der Waals surface area contributed by atoms with Gasteiger partial charge in [-0.2, -0.15) is 5.10 Å². The van der Waals surface area contributed by atoms with Gasteiger partial charge in [-0.05, 0) is 18.6 Å². The lowest BCUT2D eigenvalue weighted by Crippen LogP contribution is -2.13. The highest BCUT2D eigenvalue weighted by molar-refractivity contribution is 6.04. The minimum absolute atomic E-state index is 0.194. The van der Waals surface area contributed by atoms with Crippen molar-refractivity contribution in [3.05, 3.63) is 36.2 Å². The van der Waals surface area contributed by atoms with Crippen LogP contribution in [-0.2, 0) is 7.05 Å². The lowest BCUT2D eigenvalue weighted by atomic mass is 10.2. The Balaban J connectivity index is 2.06. The molecule has 2 heterocycles. The fourth-order valence-electron chi connectivity index (χ4n) is 1.59. The maximum Gasteiger partial charge on any atom is 0.257 e. The number of hydrogen-bond donors (Lipinski definition) is 2. The van der Waals surface area contributed by atoms with E-state index in [0.29, 0.717) is 17.2 Å². The van der Waals surface area contributed by atoms with E-state index < -0.39 is 0 Å². The molecule has 0 aromatic carbocycles. The summed E-state index contributed by atoms with van der Waals surface area (Å²) in [7, 11) is 1.80. The zero-order valence-electron chi connectivity index (χ0n) is 11.1. The van der Waals surface area contributed by atoms with Gasteiger partial charge in [0.1, 0.15) is 5.82 Å². The zero-order valence-corrected chi connectivity index (χ0v) is 11.1. The van der Waals surface area contributed by atoms with E-state index in [4.69, 9.17) is 0 Å². The van der Waals surface area contributed by atoms with E-state index in [1.54, 1.807) is 42.3 Å². The topological polar surface area (TPSA) is 71.8 Å². The first-order valence-corrected chi connectivity index (χ1v) is 6.20. The molecule has 0 spiro atoms. The van der Waals surface area contributed by atoms with Gasteiger partial charge in [0.25, 0.3) is 5.91 Å². The Labute approximate surface area is 111 Å². The molecule has 0 saturated carbocycles. The van der Waals surface area contributed by atoms with E-state index in [1.165, 1.54) is 0 Å². The number of carbonyl (C=O) groups is 1. The van der Waals surface area contributed by atoms with Crippen LogP contribution in [0.25, 0.3) is 0 Å². The molecule has 1 amide bonds. The van der Waals surface area contributed by atoms with Crippen molar-refractivity contribution in [1.82, 2.24) is 14.8 Å². The Kier molecular flexibility index (Phi) is 4.12. The Hall–Kier alpha value is -2.37. The third kappa shape index (κ3) is 3.54. The molecule has 0 aliphatic carbocycles. The first-order valence-electron chi connectivity index (χ1n) is 6.20. The van der Waals surface area contributed by atoms with Gasteiger partial charge in [-0.25, -0.2) is 4.98 Å². The molecule has 19 heavy (non-hydrogen) atoms. The smallest absolute Gasteiger partial charge is 0.257 e. The van der Waals surface area contributed by atoms with E-state index in [0.717, 1.165) is 13.0 Å². The summed E-state index contributed by atoms with van der Waals surface area (Å²) < 4.78 is 1.64. The van der Waals surface area contributed by atoms with Crippen LogP contribution in [0, 0.1) is 0 Å². The van der Waals surface area contributed by atoms with Gasteiger partial charge < -0.3 is 10.6 Å². The average molecular weight is 259 g/mol. The third-order valence-corrected chi connectivity index (χ3v) is 2.53. The number of hydrogen-bond acceptors (Lipinski definition) is 4. The van der Waals surface area contributed by atoms with Crippen LogP contribution in [0.3, 0.4) is 0 Å². The molecule has 2 rings (SSSR count). The van der Waals surface area contributed by atoms with E-state index >= 15 is 0 Å². The van der Waals surface area contributed by atoms with Gasteiger partial charge in [-0.1, -0.05) is 6.92 Å². The molecule has 0 saturated heterocycles. The van der Waals surface area contributed by atoms with Gasteiger partial charge in [0, 0.05) is 37.6 Å². The second-order valence-electron chi connectivity index (χ2n) is 4.19. The highest BCUT2D eigenvalue weighted by atomic mass is 16.1. The van der Waals surface area contributed by atoms with Crippen LogP contribution >= 0.6 is 0 Å². The van der Waals surface area contributed by atoms with Gasteiger partial charge in [0.15, 0.2) is 5.82 Å². The van der Waals surface area contributed by atoms with Crippen LogP contribution < -0.4 is 10.6 Å². The van der Waals surface area contributed by atoms with E-state index in [9.17, 15) is 4.79 Å². The normalized spacial score (nSPS) is 10.2. The third-order valence-electron chi connectivity index (χ3n) is 2.53. The molecule has 0 unspecified atom stereocenters. The molecule has 100 valence electrons. The molecule has 6 nitrogen and oxygen atoms in total. The summed E-state index contributed by atoms with van der Waals surface area (Å²) >= 11 is 0. The number of aryl methyl sites for hydroxylation is 1. The second kappa shape index (κ2) is 5.99. The summed E-state index contributed by atoms with van der Waals surface area (Å²) in [5.74, 6) is 1.04. The van der Waals surface area contributed by atoms with Crippen LogP contribution in [0.5, 0.6) is 0 Å². The van der Waals surface area contributed by atoms with Crippen molar-refractivity contribution in [1.29, 1.82) is 0 Å². The summed E-state index contributed by atoms with van der Waals surface area (Å²) in [6, 6.07) is 5.15. The summed E-state index contributed by atoms with van der Waals surface area (Å²) in [5, 5.41) is 9.98. The van der Waals surface area contributed by atoms with E-state index in [-0.39, 0.29) is 5.91 Å². The fraction of sp³-hybridized carbons (Fsp3) is 0.308. The number of carbonyl (C=O) groups excluding carboxylic acids is 1. The average Bonchev–Trinajstić information content (AvgIpc) is 2.82. The standard InChI is InChI=1S/C13H17N5O/c1-3-6-14-12-9-10(4-7-15-12)13(19)16-11-5-8-18(2)17-11/h4-5,7-9H,3,6H2,1-2H3,(H,14,15)(H,16,17,19). The molecule has 0 aliphatic heterocycles. The summed E-state index contributed by atoms with van der Waals surface area (Å²) in [6.45, 7) is 2.91. The molecule has 0 aliphatic rings. The van der Waals surface area contributed by atoms with Crippen molar-refractivity contribution in [2.45, 2.75) is 13.3 Å². The molecular weight excluding hydrogens is 242 g/mol. The number of anilines is 2. The summed E-state index contributed by atoms with van der Waals surface area (Å²) in [4.78, 5) is 16.2. The number of amides is 1. The number of nitrogens with one attached hydrogen (secondary N) is 2. The summed E-state index contributed by atoms with van der Waals surface area (Å²) in [5.41, 5.74) is 0.555. The highest BCUT2D eigenvalue weighted by Gasteiger charge is 2.08. The molecule has 0 fully saturated rings. The van der Waals surface area contributed by atoms with Crippen molar-refractivity contribution in [2.24, 2.45) is 7.05 Å². The van der Waals surface area contributed by atoms with Crippen LogP contribution in [0.15, 0.2) is 30.6 Å². The molecule has 0 bridgehead atoms. The minimum Gasteiger partial charge on any atom is -0.370 e. The fourth-order valence-corrected chi connectivity index (χ4v) is 1.59. The predicted octanol–water partition coefficient (Wildman–Crippen LogP) is 1.89. The lowest BCUT2D eigenvalue weighted by molar-refractivity contribution is 0.102. The second-order valence-corrected chi connectivity index (χ2v) is 4.19. The molecule has 2 aromatic rings. The van der Waals surface area contributed by atoms with Gasteiger partial charge in [0.2, 0.25) is 0 Å². The lowest BCUT2D eigenvalue weighted by Gasteiger charge is -2.06. The molecular formula is C13H17N5O. The van der Waals surface area contributed by atoms with Crippen molar-refractivity contribution in [2.75, 3.05) is 17.2 Å². The van der Waals surface area contributed by atoms with Gasteiger partial charge in [0.05, 0.1) is 0 Å². The first kappa shape index (κ1) is 13.1. The molecule has 2 N–H and O–H groups in total. The monoisotopic (exact) mass is 259 g/mol. The molecule has 0 radical (unpaired) electrons. The first-order chi connectivity index (χ1) is 9.19. The molecule has 2 aromatic heterocycles. The maximum atomic E-state index is 12.0. The predicted molar refractivity (Wildman–Crippen MR) is 74.2 cm³/mol. The van der Waals surface area contributed by atoms with Crippen LogP contribution in [0.2, 0.25) is 0 Å². The van der Waals surface area contributed by atoms with E-state index in [2.05, 4.69) is 27.6 Å². The molecule has 6 heteroatoms. The Morgan fingerprint density at radius 1 is 1.37 bits per heavy atom. The number of aromatic nitrogens is 3.